The highest BCUT2D eigenvalue weighted by atomic mass is 32.1. The number of aromatic nitrogens is 4. The van der Waals surface area contributed by atoms with Gasteiger partial charge in [0.05, 0.1) is 29.2 Å². The van der Waals surface area contributed by atoms with Gasteiger partial charge in [-0.15, -0.1) is 16.4 Å². The number of carbonyl (C=O) groups excluding carboxylic acids is 1. The third kappa shape index (κ3) is 3.27. The largest absolute Gasteiger partial charge is 0.464 e. The van der Waals surface area contributed by atoms with Gasteiger partial charge in [0.1, 0.15) is 5.69 Å². The molecule has 0 aliphatic carbocycles. The topological polar surface area (TPSA) is 73.1 Å². The second-order valence-electron chi connectivity index (χ2n) is 4.95. The first-order valence-corrected chi connectivity index (χ1v) is 7.36. The van der Waals surface area contributed by atoms with Crippen molar-refractivity contribution in [1.82, 2.24) is 24.9 Å². The van der Waals surface area contributed by atoms with Crippen LogP contribution in [0.5, 0.6) is 0 Å². The number of likely N-dealkylation sites (N-methyl/N-ethyl adjacent to an activating group) is 1. The maximum absolute atomic E-state index is 11.9. The fraction of sp³-hybridized carbons (Fsp3) is 0.538. The van der Waals surface area contributed by atoms with E-state index in [1.807, 2.05) is 32.8 Å². The molecule has 2 rings (SSSR count). The third-order valence-corrected chi connectivity index (χ3v) is 4.07. The number of nitrogens with zero attached hydrogens (tertiary/aromatic N) is 5. The molecule has 8 heteroatoms. The van der Waals surface area contributed by atoms with Crippen LogP contribution in [0.3, 0.4) is 0 Å². The Morgan fingerprint density at radius 3 is 2.62 bits per heavy atom. The first kappa shape index (κ1) is 15.6. The fourth-order valence-corrected chi connectivity index (χ4v) is 2.94. The van der Waals surface area contributed by atoms with E-state index in [9.17, 15) is 4.79 Å². The van der Waals surface area contributed by atoms with E-state index in [0.29, 0.717) is 12.2 Å². The molecule has 0 aliphatic rings. The first-order chi connectivity index (χ1) is 9.93. The van der Waals surface area contributed by atoms with Crippen molar-refractivity contribution in [3.63, 3.8) is 0 Å². The minimum atomic E-state index is -0.480. The number of methoxy groups -OCH3 is 1. The second-order valence-corrected chi connectivity index (χ2v) is 6.16. The number of aryl methyl sites for hydroxylation is 2. The minimum absolute atomic E-state index is 0.239. The average molecular weight is 309 g/mol. The number of rotatable bonds is 5. The lowest BCUT2D eigenvalue weighted by Gasteiger charge is -2.11. The molecule has 21 heavy (non-hydrogen) atoms. The Labute approximate surface area is 127 Å². The summed E-state index contributed by atoms with van der Waals surface area (Å²) in [5, 5.41) is 9.04. The van der Waals surface area contributed by atoms with Crippen LogP contribution in [0.2, 0.25) is 0 Å². The molecular weight excluding hydrogens is 290 g/mol. The summed E-state index contributed by atoms with van der Waals surface area (Å²) < 4.78 is 6.55. The summed E-state index contributed by atoms with van der Waals surface area (Å²) in [7, 11) is 5.32. The van der Waals surface area contributed by atoms with Crippen molar-refractivity contribution in [3.8, 4) is 10.6 Å². The van der Waals surface area contributed by atoms with Crippen molar-refractivity contribution < 1.29 is 9.53 Å². The molecule has 0 unspecified atom stereocenters. The van der Waals surface area contributed by atoms with Crippen LogP contribution in [0.15, 0.2) is 0 Å². The van der Waals surface area contributed by atoms with E-state index >= 15 is 0 Å². The molecule has 0 atom stereocenters. The summed E-state index contributed by atoms with van der Waals surface area (Å²) in [6.45, 7) is 5.30. The first-order valence-electron chi connectivity index (χ1n) is 6.55. The van der Waals surface area contributed by atoms with Crippen LogP contribution in [-0.2, 0) is 11.3 Å². The van der Waals surface area contributed by atoms with Gasteiger partial charge in [-0.1, -0.05) is 5.21 Å². The summed E-state index contributed by atoms with van der Waals surface area (Å²) in [6.07, 6.45) is 0. The van der Waals surface area contributed by atoms with Crippen molar-refractivity contribution in [2.75, 3.05) is 27.7 Å². The quantitative estimate of drug-likeness (QED) is 0.777. The normalized spacial score (nSPS) is 11.1. The Morgan fingerprint density at radius 2 is 2.10 bits per heavy atom. The molecule has 0 saturated heterocycles. The molecule has 2 heterocycles. The van der Waals surface area contributed by atoms with Gasteiger partial charge in [0.25, 0.3) is 0 Å². The maximum Gasteiger partial charge on any atom is 0.360 e. The zero-order valence-electron chi connectivity index (χ0n) is 12.9. The molecule has 2 aromatic heterocycles. The number of carbonyl (C=O) groups is 1. The van der Waals surface area contributed by atoms with Gasteiger partial charge in [-0.2, -0.15) is 0 Å². The van der Waals surface area contributed by atoms with Crippen molar-refractivity contribution in [2.45, 2.75) is 20.4 Å². The van der Waals surface area contributed by atoms with Gasteiger partial charge in [-0.3, -0.25) is 0 Å². The molecule has 0 fully saturated rings. The molecule has 0 aliphatic heterocycles. The number of hydrogen-bond acceptors (Lipinski definition) is 7. The molecule has 0 N–H and O–H groups in total. The molecular formula is C13H19N5O2S. The summed E-state index contributed by atoms with van der Waals surface area (Å²) in [5.74, 6) is -0.480. The summed E-state index contributed by atoms with van der Waals surface area (Å²) in [5.41, 5.74) is 1.80. The summed E-state index contributed by atoms with van der Waals surface area (Å²) in [4.78, 5) is 19.3. The number of ether oxygens (including phenoxy) is 1. The van der Waals surface area contributed by atoms with Crippen molar-refractivity contribution in [2.24, 2.45) is 0 Å². The number of esters is 1. The van der Waals surface area contributed by atoms with Crippen LogP contribution in [0.1, 0.15) is 21.2 Å². The van der Waals surface area contributed by atoms with Crippen LogP contribution in [0, 0.1) is 13.8 Å². The van der Waals surface area contributed by atoms with Gasteiger partial charge < -0.3 is 9.64 Å². The van der Waals surface area contributed by atoms with Crippen LogP contribution >= 0.6 is 11.3 Å². The highest BCUT2D eigenvalue weighted by Crippen LogP contribution is 2.31. The maximum atomic E-state index is 11.9. The summed E-state index contributed by atoms with van der Waals surface area (Å²) >= 11 is 1.53. The molecule has 114 valence electrons. The Kier molecular flexibility index (Phi) is 4.69. The molecule has 0 amide bonds. The van der Waals surface area contributed by atoms with E-state index in [1.165, 1.54) is 18.4 Å². The smallest absolute Gasteiger partial charge is 0.360 e. The molecule has 0 saturated carbocycles. The third-order valence-electron chi connectivity index (χ3n) is 2.99. The van der Waals surface area contributed by atoms with E-state index in [2.05, 4.69) is 15.3 Å². The highest BCUT2D eigenvalue weighted by molar-refractivity contribution is 7.15. The molecule has 0 bridgehead atoms. The van der Waals surface area contributed by atoms with Gasteiger partial charge in [0.15, 0.2) is 5.69 Å². The Bertz CT molecular complexity index is 647. The van der Waals surface area contributed by atoms with E-state index in [4.69, 9.17) is 4.74 Å². The molecule has 0 radical (unpaired) electrons. The van der Waals surface area contributed by atoms with E-state index in [-0.39, 0.29) is 5.69 Å². The summed E-state index contributed by atoms with van der Waals surface area (Å²) in [6, 6.07) is 0. The molecule has 0 aromatic carbocycles. The Balaban J connectivity index is 2.50. The fourth-order valence-electron chi connectivity index (χ4n) is 1.97. The zero-order chi connectivity index (χ0) is 15.6. The molecule has 2 aromatic rings. The molecule has 0 spiro atoms. The lowest BCUT2D eigenvalue weighted by molar-refractivity contribution is 0.0595. The zero-order valence-corrected chi connectivity index (χ0v) is 13.7. The lowest BCUT2D eigenvalue weighted by atomic mass is 10.2. The Hall–Kier alpha value is -1.80. The van der Waals surface area contributed by atoms with Gasteiger partial charge >= 0.3 is 5.97 Å². The predicted molar refractivity (Wildman–Crippen MR) is 80.5 cm³/mol. The van der Waals surface area contributed by atoms with Crippen LogP contribution in [0.4, 0.5) is 0 Å². The van der Waals surface area contributed by atoms with Crippen molar-refractivity contribution >= 4 is 17.3 Å². The Morgan fingerprint density at radius 1 is 1.38 bits per heavy atom. The minimum Gasteiger partial charge on any atom is -0.464 e. The van der Waals surface area contributed by atoms with E-state index in [0.717, 1.165) is 22.1 Å². The lowest BCUT2D eigenvalue weighted by Crippen LogP contribution is -2.19. The van der Waals surface area contributed by atoms with E-state index < -0.39 is 5.97 Å². The number of thiazole rings is 1. The van der Waals surface area contributed by atoms with Gasteiger partial charge in [0.2, 0.25) is 0 Å². The van der Waals surface area contributed by atoms with Gasteiger partial charge in [-0.05, 0) is 27.9 Å². The van der Waals surface area contributed by atoms with Crippen LogP contribution < -0.4 is 0 Å². The standard InChI is InChI=1S/C13H19N5O2S/c1-8-12(21-9(2)14-8)11-10(13(19)20-5)15-16-18(11)7-6-17(3)4/h6-7H2,1-5H3. The van der Waals surface area contributed by atoms with Crippen molar-refractivity contribution in [1.29, 1.82) is 0 Å². The van der Waals surface area contributed by atoms with E-state index in [1.54, 1.807) is 4.68 Å². The SMILES string of the molecule is COC(=O)c1nnn(CCN(C)C)c1-c1sc(C)nc1C. The van der Waals surface area contributed by atoms with Crippen molar-refractivity contribution in [3.05, 3.63) is 16.4 Å². The molecule has 7 nitrogen and oxygen atoms in total. The van der Waals surface area contributed by atoms with Crippen LogP contribution in [0.25, 0.3) is 10.6 Å². The second kappa shape index (κ2) is 6.31. The van der Waals surface area contributed by atoms with Crippen LogP contribution in [-0.4, -0.2) is 58.6 Å². The predicted octanol–water partition coefficient (Wildman–Crippen LogP) is 1.37. The monoisotopic (exact) mass is 309 g/mol. The highest BCUT2D eigenvalue weighted by Gasteiger charge is 2.24. The average Bonchev–Trinajstić information content (AvgIpc) is 2.98. The van der Waals surface area contributed by atoms with Gasteiger partial charge in [-0.25, -0.2) is 14.5 Å². The van der Waals surface area contributed by atoms with Gasteiger partial charge in [0, 0.05) is 6.54 Å². The number of hydrogen-bond donors (Lipinski definition) is 0.